The summed E-state index contributed by atoms with van der Waals surface area (Å²) in [6, 6.07) is 8.35. The Morgan fingerprint density at radius 2 is 2.06 bits per heavy atom. The van der Waals surface area contributed by atoms with Gasteiger partial charge in [0.15, 0.2) is 0 Å². The number of hydrogen-bond acceptors (Lipinski definition) is 4. The van der Waals surface area contributed by atoms with Gasteiger partial charge in [-0.3, -0.25) is 5.10 Å². The highest BCUT2D eigenvalue weighted by atomic mass is 79.9. The van der Waals surface area contributed by atoms with Crippen molar-refractivity contribution in [3.63, 3.8) is 0 Å². The van der Waals surface area contributed by atoms with E-state index in [1.165, 1.54) is 6.07 Å². The predicted molar refractivity (Wildman–Crippen MR) is 62.1 cm³/mol. The summed E-state index contributed by atoms with van der Waals surface area (Å²) >= 11 is 3.29. The number of esters is 1. The second-order valence-electron chi connectivity index (χ2n) is 3.05. The quantitative estimate of drug-likeness (QED) is 0.651. The summed E-state index contributed by atoms with van der Waals surface area (Å²) < 4.78 is 6.00. The summed E-state index contributed by atoms with van der Waals surface area (Å²) in [5, 5.41) is 6.12. The number of nitrogen functional groups attached to an aromatic ring is 1. The molecule has 16 heavy (non-hydrogen) atoms. The number of hydrogen-bond donors (Lipinski definition) is 2. The summed E-state index contributed by atoms with van der Waals surface area (Å²) in [5.41, 5.74) is 5.60. The molecule has 3 N–H and O–H groups in total. The van der Waals surface area contributed by atoms with Crippen molar-refractivity contribution in [1.82, 2.24) is 10.2 Å². The smallest absolute Gasteiger partial charge is 0.361 e. The van der Waals surface area contributed by atoms with E-state index in [1.54, 1.807) is 24.3 Å². The Bertz CT molecular complexity index is 507. The SMILES string of the molecule is Nc1cc(C(=O)Oc2ccc(Br)cc2)[nH]n1. The van der Waals surface area contributed by atoms with Gasteiger partial charge in [-0.15, -0.1) is 0 Å². The molecule has 0 amide bonds. The highest BCUT2D eigenvalue weighted by Gasteiger charge is 2.11. The van der Waals surface area contributed by atoms with Gasteiger partial charge in [-0.2, -0.15) is 5.10 Å². The monoisotopic (exact) mass is 281 g/mol. The van der Waals surface area contributed by atoms with Crippen LogP contribution in [0.15, 0.2) is 34.8 Å². The maximum atomic E-state index is 11.6. The Morgan fingerprint density at radius 1 is 1.38 bits per heavy atom. The van der Waals surface area contributed by atoms with Crippen molar-refractivity contribution in [2.75, 3.05) is 5.73 Å². The molecule has 0 spiro atoms. The van der Waals surface area contributed by atoms with Crippen LogP contribution in [0.3, 0.4) is 0 Å². The van der Waals surface area contributed by atoms with Crippen LogP contribution in [0.5, 0.6) is 5.75 Å². The van der Waals surface area contributed by atoms with Gasteiger partial charge < -0.3 is 10.5 Å². The van der Waals surface area contributed by atoms with Crippen LogP contribution in [0.1, 0.15) is 10.5 Å². The highest BCUT2D eigenvalue weighted by Crippen LogP contribution is 2.17. The lowest BCUT2D eigenvalue weighted by Gasteiger charge is -2.01. The molecule has 0 bridgehead atoms. The third-order valence-electron chi connectivity index (χ3n) is 1.84. The van der Waals surface area contributed by atoms with Crippen molar-refractivity contribution >= 4 is 27.7 Å². The molecule has 1 aromatic heterocycles. The molecular weight excluding hydrogens is 274 g/mol. The van der Waals surface area contributed by atoms with Crippen molar-refractivity contribution in [2.45, 2.75) is 0 Å². The Morgan fingerprint density at radius 3 is 2.62 bits per heavy atom. The number of carbonyl (C=O) groups is 1. The molecule has 0 aliphatic rings. The maximum absolute atomic E-state index is 11.6. The van der Waals surface area contributed by atoms with Gasteiger partial charge in [0.25, 0.3) is 0 Å². The fourth-order valence-electron chi connectivity index (χ4n) is 1.11. The van der Waals surface area contributed by atoms with E-state index in [2.05, 4.69) is 26.1 Å². The van der Waals surface area contributed by atoms with Crippen molar-refractivity contribution in [3.8, 4) is 5.75 Å². The van der Waals surface area contributed by atoms with Crippen LogP contribution in [0.25, 0.3) is 0 Å². The van der Waals surface area contributed by atoms with E-state index in [0.717, 1.165) is 4.47 Å². The third-order valence-corrected chi connectivity index (χ3v) is 2.37. The van der Waals surface area contributed by atoms with E-state index in [-0.39, 0.29) is 11.5 Å². The fraction of sp³-hybridized carbons (Fsp3) is 0. The number of H-pyrrole nitrogens is 1. The molecule has 0 unspecified atom stereocenters. The topological polar surface area (TPSA) is 81.0 Å². The first-order chi connectivity index (χ1) is 7.65. The predicted octanol–water partition coefficient (Wildman–Crippen LogP) is 1.97. The number of nitrogens with two attached hydrogens (primary N) is 1. The lowest BCUT2D eigenvalue weighted by Crippen LogP contribution is -2.08. The second-order valence-corrected chi connectivity index (χ2v) is 3.97. The number of halogens is 1. The molecule has 0 radical (unpaired) electrons. The lowest BCUT2D eigenvalue weighted by molar-refractivity contribution is 0.0728. The van der Waals surface area contributed by atoms with Crippen molar-refractivity contribution in [3.05, 3.63) is 40.5 Å². The van der Waals surface area contributed by atoms with Gasteiger partial charge in [0.2, 0.25) is 0 Å². The number of rotatable bonds is 2. The summed E-state index contributed by atoms with van der Waals surface area (Å²) in [6.45, 7) is 0. The highest BCUT2D eigenvalue weighted by molar-refractivity contribution is 9.10. The van der Waals surface area contributed by atoms with Gasteiger partial charge in [-0.25, -0.2) is 4.79 Å². The maximum Gasteiger partial charge on any atom is 0.361 e. The molecule has 2 aromatic rings. The number of aromatic amines is 1. The van der Waals surface area contributed by atoms with Crippen LogP contribution in [0.2, 0.25) is 0 Å². The Kier molecular flexibility index (Phi) is 2.91. The number of nitrogens with one attached hydrogen (secondary N) is 1. The average Bonchev–Trinajstić information content (AvgIpc) is 2.68. The summed E-state index contributed by atoms with van der Waals surface area (Å²) in [5.74, 6) is 0.190. The molecule has 0 atom stereocenters. The molecule has 0 aliphatic carbocycles. The summed E-state index contributed by atoms with van der Waals surface area (Å²) in [6.07, 6.45) is 0. The number of nitrogens with zero attached hydrogens (tertiary/aromatic N) is 1. The van der Waals surface area contributed by atoms with E-state index in [9.17, 15) is 4.79 Å². The Labute approximate surface area is 99.7 Å². The van der Waals surface area contributed by atoms with Gasteiger partial charge in [0.1, 0.15) is 17.3 Å². The van der Waals surface area contributed by atoms with Gasteiger partial charge in [-0.1, -0.05) is 15.9 Å². The first-order valence-electron chi connectivity index (χ1n) is 4.44. The van der Waals surface area contributed by atoms with E-state index < -0.39 is 5.97 Å². The first kappa shape index (κ1) is 10.7. The number of aromatic nitrogens is 2. The van der Waals surface area contributed by atoms with Crippen LogP contribution in [0.4, 0.5) is 5.82 Å². The van der Waals surface area contributed by atoms with Crippen molar-refractivity contribution in [2.24, 2.45) is 0 Å². The zero-order valence-electron chi connectivity index (χ0n) is 8.11. The van der Waals surface area contributed by atoms with Gasteiger partial charge in [-0.05, 0) is 24.3 Å². The summed E-state index contributed by atoms with van der Waals surface area (Å²) in [4.78, 5) is 11.6. The summed E-state index contributed by atoms with van der Waals surface area (Å²) in [7, 11) is 0. The fourth-order valence-corrected chi connectivity index (χ4v) is 1.37. The average molecular weight is 282 g/mol. The van der Waals surface area contributed by atoms with E-state index in [1.807, 2.05) is 0 Å². The van der Waals surface area contributed by atoms with Crippen LogP contribution >= 0.6 is 15.9 Å². The number of benzene rings is 1. The van der Waals surface area contributed by atoms with Crippen molar-refractivity contribution in [1.29, 1.82) is 0 Å². The molecular formula is C10H8BrN3O2. The van der Waals surface area contributed by atoms with Gasteiger partial charge in [0, 0.05) is 10.5 Å². The minimum atomic E-state index is -0.522. The standard InChI is InChI=1S/C10H8BrN3O2/c11-6-1-3-7(4-2-6)16-10(15)8-5-9(12)14-13-8/h1-5H,(H3,12,13,14). The van der Waals surface area contributed by atoms with E-state index >= 15 is 0 Å². The second kappa shape index (κ2) is 4.36. The van der Waals surface area contributed by atoms with E-state index in [4.69, 9.17) is 10.5 Å². The van der Waals surface area contributed by atoms with Crippen molar-refractivity contribution < 1.29 is 9.53 Å². The number of anilines is 1. The molecule has 0 aliphatic heterocycles. The molecule has 5 nitrogen and oxygen atoms in total. The molecule has 1 heterocycles. The van der Waals surface area contributed by atoms with Crippen LogP contribution < -0.4 is 10.5 Å². The largest absolute Gasteiger partial charge is 0.422 e. The lowest BCUT2D eigenvalue weighted by atomic mass is 10.3. The minimum Gasteiger partial charge on any atom is -0.422 e. The van der Waals surface area contributed by atoms with Crippen LogP contribution in [-0.2, 0) is 0 Å². The Hall–Kier alpha value is -1.82. The normalized spacial score (nSPS) is 10.1. The molecule has 0 saturated carbocycles. The zero-order chi connectivity index (χ0) is 11.5. The number of ether oxygens (including phenoxy) is 1. The van der Waals surface area contributed by atoms with Gasteiger partial charge in [0.05, 0.1) is 0 Å². The molecule has 0 fully saturated rings. The molecule has 1 aromatic carbocycles. The first-order valence-corrected chi connectivity index (χ1v) is 5.23. The zero-order valence-corrected chi connectivity index (χ0v) is 9.69. The molecule has 2 rings (SSSR count). The number of carbonyl (C=O) groups excluding carboxylic acids is 1. The molecule has 82 valence electrons. The van der Waals surface area contributed by atoms with Gasteiger partial charge >= 0.3 is 5.97 Å². The minimum absolute atomic E-state index is 0.223. The van der Waals surface area contributed by atoms with E-state index in [0.29, 0.717) is 5.75 Å². The van der Waals surface area contributed by atoms with Crippen LogP contribution in [0, 0.1) is 0 Å². The third kappa shape index (κ3) is 2.40. The molecule has 0 saturated heterocycles. The molecule has 6 heteroatoms. The van der Waals surface area contributed by atoms with Crippen LogP contribution in [-0.4, -0.2) is 16.2 Å². The Balaban J connectivity index is 2.10.